The zero-order chi connectivity index (χ0) is 20.5. The normalized spacial score (nSPS) is 16.4. The van der Waals surface area contributed by atoms with E-state index < -0.39 is 0 Å². The van der Waals surface area contributed by atoms with Gasteiger partial charge in [0.25, 0.3) is 0 Å². The summed E-state index contributed by atoms with van der Waals surface area (Å²) in [4.78, 5) is 40.1. The Hall–Kier alpha value is -2.49. The van der Waals surface area contributed by atoms with Crippen LogP contribution in [0.3, 0.4) is 0 Å². The number of carbonyl (C=O) groups excluding carboxylic acids is 3. The van der Waals surface area contributed by atoms with Gasteiger partial charge < -0.3 is 20.3 Å². The molecule has 154 valence electrons. The molecule has 0 radical (unpaired) electrons. The SMILES string of the molecule is C=NNc1nc(NC)sc1CNC(=O)C1CCN(C(C)=O)CC1.O=CC1CC1. The molecule has 28 heavy (non-hydrogen) atoms. The van der Waals surface area contributed by atoms with Gasteiger partial charge in [0.1, 0.15) is 6.29 Å². The Morgan fingerprint density at radius 2 is 2.00 bits per heavy atom. The van der Waals surface area contributed by atoms with E-state index in [9.17, 15) is 14.4 Å². The van der Waals surface area contributed by atoms with Gasteiger partial charge >= 0.3 is 0 Å². The Morgan fingerprint density at radius 3 is 2.46 bits per heavy atom. The second kappa shape index (κ2) is 10.7. The van der Waals surface area contributed by atoms with Crippen LogP contribution in [0.5, 0.6) is 0 Å². The molecule has 10 heteroatoms. The number of carbonyl (C=O) groups is 3. The van der Waals surface area contributed by atoms with Crippen LogP contribution in [0.25, 0.3) is 0 Å². The van der Waals surface area contributed by atoms with Crippen molar-refractivity contribution in [2.24, 2.45) is 16.9 Å². The van der Waals surface area contributed by atoms with E-state index in [-0.39, 0.29) is 17.7 Å². The molecule has 0 atom stereocenters. The van der Waals surface area contributed by atoms with E-state index in [1.54, 1.807) is 18.9 Å². The van der Waals surface area contributed by atoms with Crippen molar-refractivity contribution in [3.63, 3.8) is 0 Å². The van der Waals surface area contributed by atoms with Gasteiger partial charge in [0.05, 0.1) is 11.4 Å². The number of rotatable bonds is 7. The van der Waals surface area contributed by atoms with Gasteiger partial charge in [0, 0.05) is 45.6 Å². The first-order valence-electron chi connectivity index (χ1n) is 9.36. The van der Waals surface area contributed by atoms with Gasteiger partial charge in [-0.05, 0) is 25.7 Å². The van der Waals surface area contributed by atoms with E-state index in [1.807, 2.05) is 0 Å². The summed E-state index contributed by atoms with van der Waals surface area (Å²) in [6.45, 7) is 6.63. The summed E-state index contributed by atoms with van der Waals surface area (Å²) < 4.78 is 0. The molecule has 0 bridgehead atoms. The number of hydrogen-bond donors (Lipinski definition) is 3. The van der Waals surface area contributed by atoms with Gasteiger partial charge in [-0.25, -0.2) is 4.98 Å². The van der Waals surface area contributed by atoms with Crippen LogP contribution in [-0.4, -0.2) is 54.8 Å². The molecule has 1 aliphatic carbocycles. The Balaban J connectivity index is 0.000000485. The van der Waals surface area contributed by atoms with Crippen molar-refractivity contribution in [1.82, 2.24) is 15.2 Å². The molecule has 0 aromatic carbocycles. The van der Waals surface area contributed by atoms with Gasteiger partial charge in [-0.2, -0.15) is 5.10 Å². The maximum Gasteiger partial charge on any atom is 0.223 e. The lowest BCUT2D eigenvalue weighted by Gasteiger charge is -2.30. The summed E-state index contributed by atoms with van der Waals surface area (Å²) in [7, 11) is 1.79. The smallest absolute Gasteiger partial charge is 0.223 e. The number of hydrogen-bond acceptors (Lipinski definition) is 8. The number of amides is 2. The number of nitrogens with zero attached hydrogens (tertiary/aromatic N) is 3. The lowest BCUT2D eigenvalue weighted by atomic mass is 9.96. The highest BCUT2D eigenvalue weighted by molar-refractivity contribution is 7.16. The number of piperidine rings is 1. The molecule has 9 nitrogen and oxygen atoms in total. The third-order valence-corrected chi connectivity index (χ3v) is 5.72. The lowest BCUT2D eigenvalue weighted by molar-refractivity contribution is -0.134. The zero-order valence-electron chi connectivity index (χ0n) is 16.4. The summed E-state index contributed by atoms with van der Waals surface area (Å²) >= 11 is 1.45. The molecular weight excluding hydrogens is 380 g/mol. The topological polar surface area (TPSA) is 116 Å². The van der Waals surface area contributed by atoms with Crippen molar-refractivity contribution in [1.29, 1.82) is 0 Å². The van der Waals surface area contributed by atoms with Crippen LogP contribution in [0, 0.1) is 11.8 Å². The molecule has 2 aliphatic rings. The van der Waals surface area contributed by atoms with Crippen LogP contribution in [-0.2, 0) is 20.9 Å². The minimum Gasteiger partial charge on any atom is -0.365 e. The number of aromatic nitrogens is 1. The predicted molar refractivity (Wildman–Crippen MR) is 110 cm³/mol. The fourth-order valence-corrected chi connectivity index (χ4v) is 3.55. The Labute approximate surface area is 169 Å². The van der Waals surface area contributed by atoms with E-state index in [0.29, 0.717) is 44.2 Å². The van der Waals surface area contributed by atoms with E-state index in [0.717, 1.165) is 29.1 Å². The zero-order valence-corrected chi connectivity index (χ0v) is 17.2. The Bertz CT molecular complexity index is 695. The molecule has 1 saturated heterocycles. The van der Waals surface area contributed by atoms with Gasteiger partial charge in [-0.1, -0.05) is 11.3 Å². The molecule has 2 fully saturated rings. The largest absolute Gasteiger partial charge is 0.365 e. The molecule has 3 rings (SSSR count). The van der Waals surface area contributed by atoms with Crippen LogP contribution in [0.2, 0.25) is 0 Å². The predicted octanol–water partition coefficient (Wildman–Crippen LogP) is 1.68. The lowest BCUT2D eigenvalue weighted by Crippen LogP contribution is -2.42. The second-order valence-corrected chi connectivity index (χ2v) is 7.87. The first-order chi connectivity index (χ1) is 13.5. The summed E-state index contributed by atoms with van der Waals surface area (Å²) in [5.41, 5.74) is 2.73. The summed E-state index contributed by atoms with van der Waals surface area (Å²) in [5.74, 6) is 1.10. The van der Waals surface area contributed by atoms with Crippen molar-refractivity contribution in [3.8, 4) is 0 Å². The molecule has 0 spiro atoms. The molecular formula is C18H28N6O3S. The number of anilines is 2. The van der Waals surface area contributed by atoms with Crippen LogP contribution in [0.4, 0.5) is 10.9 Å². The Kier molecular flexibility index (Phi) is 8.37. The highest BCUT2D eigenvalue weighted by Gasteiger charge is 2.26. The molecule has 3 N–H and O–H groups in total. The molecule has 1 saturated carbocycles. The third-order valence-electron chi connectivity index (χ3n) is 4.64. The van der Waals surface area contributed by atoms with Crippen molar-refractivity contribution in [2.45, 2.75) is 39.2 Å². The van der Waals surface area contributed by atoms with Crippen LogP contribution >= 0.6 is 11.3 Å². The number of aldehydes is 1. The number of thiazole rings is 1. The van der Waals surface area contributed by atoms with Crippen LogP contribution in [0.15, 0.2) is 5.10 Å². The second-order valence-electron chi connectivity index (χ2n) is 6.78. The van der Waals surface area contributed by atoms with E-state index >= 15 is 0 Å². The maximum atomic E-state index is 12.3. The average Bonchev–Trinajstić information content (AvgIpc) is 3.47. The monoisotopic (exact) mass is 408 g/mol. The van der Waals surface area contributed by atoms with Crippen molar-refractivity contribution >= 4 is 47.1 Å². The molecule has 1 aromatic heterocycles. The Morgan fingerprint density at radius 1 is 1.32 bits per heavy atom. The highest BCUT2D eigenvalue weighted by Crippen LogP contribution is 2.27. The van der Waals surface area contributed by atoms with Gasteiger partial charge in [-0.15, -0.1) is 0 Å². The first-order valence-corrected chi connectivity index (χ1v) is 10.2. The third kappa shape index (κ3) is 6.59. The van der Waals surface area contributed by atoms with Gasteiger partial charge in [0.15, 0.2) is 10.9 Å². The standard InChI is InChI=1S/C14H22N6O2S.C4H6O/c1-9(21)20-6-4-10(5-7-20)13(22)17-8-11-12(19-16-3)18-14(15-2)23-11;5-3-4-1-2-4/h10,19H,3-8H2,1-2H3,(H,15,18)(H,17,22);3-4H,1-2H2. The molecule has 2 heterocycles. The van der Waals surface area contributed by atoms with Crippen molar-refractivity contribution < 1.29 is 14.4 Å². The summed E-state index contributed by atoms with van der Waals surface area (Å²) in [5, 5.41) is 10.3. The van der Waals surface area contributed by atoms with E-state index in [1.165, 1.54) is 11.3 Å². The quantitative estimate of drug-likeness (QED) is 0.359. The molecule has 0 unspecified atom stereocenters. The average molecular weight is 409 g/mol. The maximum absolute atomic E-state index is 12.3. The van der Waals surface area contributed by atoms with Gasteiger partial charge in [0.2, 0.25) is 11.8 Å². The van der Waals surface area contributed by atoms with Crippen LogP contribution < -0.4 is 16.1 Å². The number of hydrazone groups is 1. The molecule has 2 amide bonds. The van der Waals surface area contributed by atoms with E-state index in [2.05, 4.69) is 32.9 Å². The summed E-state index contributed by atoms with van der Waals surface area (Å²) in [6, 6.07) is 0. The minimum absolute atomic E-state index is 0.0186. The molecule has 1 aromatic rings. The number of nitrogens with one attached hydrogen (secondary N) is 3. The van der Waals surface area contributed by atoms with Crippen LogP contribution in [0.1, 0.15) is 37.5 Å². The summed E-state index contributed by atoms with van der Waals surface area (Å²) in [6.07, 6.45) is 4.72. The first kappa shape index (κ1) is 21.8. The highest BCUT2D eigenvalue weighted by atomic mass is 32.1. The molecule has 1 aliphatic heterocycles. The fraction of sp³-hybridized carbons (Fsp3) is 0.611. The fourth-order valence-electron chi connectivity index (χ4n) is 2.74. The van der Waals surface area contributed by atoms with Gasteiger partial charge in [-0.3, -0.25) is 15.0 Å². The van der Waals surface area contributed by atoms with Crippen molar-refractivity contribution in [2.75, 3.05) is 30.9 Å². The number of likely N-dealkylation sites (tertiary alicyclic amines) is 1. The minimum atomic E-state index is -0.0452. The van der Waals surface area contributed by atoms with Crippen molar-refractivity contribution in [3.05, 3.63) is 4.88 Å². The van der Waals surface area contributed by atoms with E-state index in [4.69, 9.17) is 0 Å².